The SMILES string of the molecule is CCc1cc(Br)ccc1NC(=O)C(Br)CC. The smallest absolute Gasteiger partial charge is 0.238 e. The van der Waals surface area contributed by atoms with Gasteiger partial charge in [-0.3, -0.25) is 4.79 Å². The predicted octanol–water partition coefficient (Wildman–Crippen LogP) is 4.12. The highest BCUT2D eigenvalue weighted by atomic mass is 79.9. The lowest BCUT2D eigenvalue weighted by Crippen LogP contribution is -2.22. The van der Waals surface area contributed by atoms with Crippen LogP contribution in [0.15, 0.2) is 22.7 Å². The summed E-state index contributed by atoms with van der Waals surface area (Å²) in [5.74, 6) is 0.0134. The third-order valence-electron chi connectivity index (χ3n) is 2.35. The van der Waals surface area contributed by atoms with Gasteiger partial charge >= 0.3 is 0 Å². The molecule has 2 nitrogen and oxygen atoms in total. The average Bonchev–Trinajstić information content (AvgIpc) is 2.30. The first-order valence-electron chi connectivity index (χ1n) is 5.31. The van der Waals surface area contributed by atoms with Gasteiger partial charge in [-0.1, -0.05) is 45.7 Å². The first-order chi connectivity index (χ1) is 7.58. The van der Waals surface area contributed by atoms with E-state index in [0.717, 1.165) is 28.6 Å². The summed E-state index contributed by atoms with van der Waals surface area (Å²) >= 11 is 6.76. The number of amides is 1. The zero-order valence-corrected chi connectivity index (χ0v) is 12.6. The molecule has 1 amide bonds. The molecule has 1 atom stereocenters. The molecule has 1 unspecified atom stereocenters. The van der Waals surface area contributed by atoms with Crippen LogP contribution in [-0.2, 0) is 11.2 Å². The maximum Gasteiger partial charge on any atom is 0.238 e. The monoisotopic (exact) mass is 347 g/mol. The van der Waals surface area contributed by atoms with E-state index in [9.17, 15) is 4.79 Å². The number of alkyl halides is 1. The highest BCUT2D eigenvalue weighted by molar-refractivity contribution is 9.10. The molecular formula is C12H15Br2NO. The van der Waals surface area contributed by atoms with Crippen molar-refractivity contribution in [2.75, 3.05) is 5.32 Å². The topological polar surface area (TPSA) is 29.1 Å². The van der Waals surface area contributed by atoms with Gasteiger partial charge in [-0.2, -0.15) is 0 Å². The van der Waals surface area contributed by atoms with Crippen LogP contribution in [0.3, 0.4) is 0 Å². The van der Waals surface area contributed by atoms with Gasteiger partial charge in [-0.15, -0.1) is 0 Å². The highest BCUT2D eigenvalue weighted by Crippen LogP contribution is 2.22. The molecule has 0 saturated carbocycles. The normalized spacial score (nSPS) is 12.2. The molecule has 1 aromatic rings. The lowest BCUT2D eigenvalue weighted by Gasteiger charge is -2.12. The molecule has 0 aromatic heterocycles. The van der Waals surface area contributed by atoms with Crippen molar-refractivity contribution in [1.82, 2.24) is 0 Å². The predicted molar refractivity (Wildman–Crippen MR) is 75.2 cm³/mol. The third-order valence-corrected chi connectivity index (χ3v) is 3.91. The van der Waals surface area contributed by atoms with E-state index in [0.29, 0.717) is 0 Å². The van der Waals surface area contributed by atoms with E-state index in [1.807, 2.05) is 25.1 Å². The highest BCUT2D eigenvalue weighted by Gasteiger charge is 2.13. The molecular weight excluding hydrogens is 334 g/mol. The Morgan fingerprint density at radius 1 is 1.44 bits per heavy atom. The zero-order valence-electron chi connectivity index (χ0n) is 9.39. The summed E-state index contributed by atoms with van der Waals surface area (Å²) in [7, 11) is 0. The fourth-order valence-electron chi connectivity index (χ4n) is 1.37. The van der Waals surface area contributed by atoms with E-state index < -0.39 is 0 Å². The van der Waals surface area contributed by atoms with Crippen LogP contribution in [0, 0.1) is 0 Å². The number of benzene rings is 1. The van der Waals surface area contributed by atoms with Crippen LogP contribution in [0.1, 0.15) is 25.8 Å². The Hall–Kier alpha value is -0.350. The van der Waals surface area contributed by atoms with Gasteiger partial charge in [-0.05, 0) is 36.6 Å². The van der Waals surface area contributed by atoms with Crippen molar-refractivity contribution in [1.29, 1.82) is 0 Å². The molecule has 0 heterocycles. The molecule has 0 aliphatic rings. The number of aryl methyl sites for hydroxylation is 1. The summed E-state index contributed by atoms with van der Waals surface area (Å²) < 4.78 is 1.04. The molecule has 0 saturated heterocycles. The number of hydrogen-bond acceptors (Lipinski definition) is 1. The largest absolute Gasteiger partial charge is 0.325 e. The van der Waals surface area contributed by atoms with Crippen LogP contribution in [0.2, 0.25) is 0 Å². The van der Waals surface area contributed by atoms with E-state index in [-0.39, 0.29) is 10.7 Å². The minimum absolute atomic E-state index is 0.0134. The third kappa shape index (κ3) is 3.59. The van der Waals surface area contributed by atoms with Gasteiger partial charge in [0.2, 0.25) is 5.91 Å². The zero-order chi connectivity index (χ0) is 12.1. The van der Waals surface area contributed by atoms with E-state index in [4.69, 9.17) is 0 Å². The van der Waals surface area contributed by atoms with Crippen LogP contribution < -0.4 is 5.32 Å². The minimum atomic E-state index is -0.124. The summed E-state index contributed by atoms with van der Waals surface area (Å²) in [5.41, 5.74) is 2.03. The van der Waals surface area contributed by atoms with E-state index in [2.05, 4.69) is 44.1 Å². The number of carbonyl (C=O) groups is 1. The Bertz CT molecular complexity index is 379. The van der Waals surface area contributed by atoms with Gasteiger partial charge in [0.1, 0.15) is 0 Å². The molecule has 1 N–H and O–H groups in total. The van der Waals surface area contributed by atoms with Crippen LogP contribution in [0.5, 0.6) is 0 Å². The number of anilines is 1. The maximum atomic E-state index is 11.7. The second-order valence-corrected chi connectivity index (χ2v) is 5.54. The first kappa shape index (κ1) is 13.7. The Kier molecular flexibility index (Phi) is 5.49. The molecule has 0 aliphatic heterocycles. The Morgan fingerprint density at radius 2 is 2.12 bits per heavy atom. The van der Waals surface area contributed by atoms with Gasteiger partial charge in [0.05, 0.1) is 4.83 Å². The van der Waals surface area contributed by atoms with E-state index in [1.54, 1.807) is 0 Å². The summed E-state index contributed by atoms with van der Waals surface area (Å²) in [6.45, 7) is 4.05. The van der Waals surface area contributed by atoms with E-state index in [1.165, 1.54) is 0 Å². The van der Waals surface area contributed by atoms with Gasteiger partial charge < -0.3 is 5.32 Å². The molecule has 16 heavy (non-hydrogen) atoms. The van der Waals surface area contributed by atoms with Gasteiger partial charge in [0.15, 0.2) is 0 Å². The molecule has 1 aromatic carbocycles. The van der Waals surface area contributed by atoms with Crippen molar-refractivity contribution in [2.24, 2.45) is 0 Å². The van der Waals surface area contributed by atoms with Crippen molar-refractivity contribution in [3.63, 3.8) is 0 Å². The molecule has 0 bridgehead atoms. The summed E-state index contributed by atoms with van der Waals surface area (Å²) in [5, 5.41) is 2.93. The summed E-state index contributed by atoms with van der Waals surface area (Å²) in [4.78, 5) is 11.6. The first-order valence-corrected chi connectivity index (χ1v) is 7.02. The molecule has 0 aliphatic carbocycles. The van der Waals surface area contributed by atoms with Crippen molar-refractivity contribution in [3.8, 4) is 0 Å². The molecule has 0 fully saturated rings. The lowest BCUT2D eigenvalue weighted by molar-refractivity contribution is -0.115. The lowest BCUT2D eigenvalue weighted by atomic mass is 10.1. The Labute approximate surface area is 113 Å². The average molecular weight is 349 g/mol. The van der Waals surface area contributed by atoms with Crippen LogP contribution in [-0.4, -0.2) is 10.7 Å². The number of hydrogen-bond donors (Lipinski definition) is 1. The molecule has 88 valence electrons. The maximum absolute atomic E-state index is 11.7. The Balaban J connectivity index is 2.84. The number of nitrogens with one attached hydrogen (secondary N) is 1. The Morgan fingerprint density at radius 3 is 2.69 bits per heavy atom. The van der Waals surface area contributed by atoms with Crippen LogP contribution in [0.4, 0.5) is 5.69 Å². The number of carbonyl (C=O) groups excluding carboxylic acids is 1. The fourth-order valence-corrected chi connectivity index (χ4v) is 1.90. The molecule has 1 rings (SSSR count). The van der Waals surface area contributed by atoms with Crippen molar-refractivity contribution < 1.29 is 4.79 Å². The second-order valence-electron chi connectivity index (χ2n) is 3.52. The van der Waals surface area contributed by atoms with Gasteiger partial charge in [-0.25, -0.2) is 0 Å². The van der Waals surface area contributed by atoms with Crippen molar-refractivity contribution >= 4 is 43.5 Å². The van der Waals surface area contributed by atoms with Crippen molar-refractivity contribution in [2.45, 2.75) is 31.5 Å². The molecule has 4 heteroatoms. The number of rotatable bonds is 4. The molecule has 0 spiro atoms. The van der Waals surface area contributed by atoms with E-state index >= 15 is 0 Å². The standard InChI is InChI=1S/C12H15Br2NO/c1-3-8-7-9(13)5-6-11(8)15-12(16)10(14)4-2/h5-7,10H,3-4H2,1-2H3,(H,15,16). The second kappa shape index (κ2) is 6.40. The fraction of sp³-hybridized carbons (Fsp3) is 0.417. The van der Waals surface area contributed by atoms with Crippen LogP contribution in [0.25, 0.3) is 0 Å². The quantitative estimate of drug-likeness (QED) is 0.814. The van der Waals surface area contributed by atoms with Crippen LogP contribution >= 0.6 is 31.9 Å². The van der Waals surface area contributed by atoms with Gasteiger partial charge in [0, 0.05) is 10.2 Å². The van der Waals surface area contributed by atoms with Crippen molar-refractivity contribution in [3.05, 3.63) is 28.2 Å². The van der Waals surface area contributed by atoms with Gasteiger partial charge in [0.25, 0.3) is 0 Å². The minimum Gasteiger partial charge on any atom is -0.325 e. The summed E-state index contributed by atoms with van der Waals surface area (Å²) in [6, 6.07) is 5.89. The summed E-state index contributed by atoms with van der Waals surface area (Å²) in [6.07, 6.45) is 1.68. The molecule has 0 radical (unpaired) electrons. The number of halogens is 2.